The van der Waals surface area contributed by atoms with Gasteiger partial charge in [0.2, 0.25) is 0 Å². The molecule has 0 spiro atoms. The van der Waals surface area contributed by atoms with Crippen LogP contribution >= 0.6 is 0 Å². The Morgan fingerprint density at radius 2 is 1.28 bits per heavy atom. The third-order valence-electron chi connectivity index (χ3n) is 6.12. The van der Waals surface area contributed by atoms with Gasteiger partial charge in [-0.25, -0.2) is 4.79 Å². The highest BCUT2D eigenvalue weighted by Crippen LogP contribution is 2.25. The SMILES string of the molecule is CCCCCCCCCCCCCCCCCCOc1cc(NC(=O)OC(C)(C)C)cc([S+](C)[O-])c1. The number of ether oxygens (including phenoxy) is 2. The van der Waals surface area contributed by atoms with E-state index in [0.717, 1.165) is 12.8 Å². The molecule has 208 valence electrons. The van der Waals surface area contributed by atoms with Crippen LogP contribution in [0.5, 0.6) is 5.75 Å². The Morgan fingerprint density at radius 3 is 1.72 bits per heavy atom. The van der Waals surface area contributed by atoms with Crippen LogP contribution in [0, 0.1) is 0 Å². The zero-order valence-electron chi connectivity index (χ0n) is 23.8. The first-order chi connectivity index (χ1) is 17.2. The largest absolute Gasteiger partial charge is 0.612 e. The predicted octanol–water partition coefficient (Wildman–Crippen LogP) is 9.41. The van der Waals surface area contributed by atoms with E-state index in [1.807, 2.05) is 20.8 Å². The van der Waals surface area contributed by atoms with E-state index in [1.165, 1.54) is 89.9 Å². The highest BCUT2D eigenvalue weighted by molar-refractivity contribution is 7.90. The molecule has 0 saturated heterocycles. The van der Waals surface area contributed by atoms with Gasteiger partial charge >= 0.3 is 6.09 Å². The number of rotatable bonds is 20. The van der Waals surface area contributed by atoms with Crippen molar-refractivity contribution in [3.63, 3.8) is 0 Å². The first-order valence-electron chi connectivity index (χ1n) is 14.3. The second-order valence-electron chi connectivity index (χ2n) is 10.9. The number of benzene rings is 1. The van der Waals surface area contributed by atoms with E-state index in [1.54, 1.807) is 24.5 Å². The van der Waals surface area contributed by atoms with E-state index in [2.05, 4.69) is 12.2 Å². The normalized spacial score (nSPS) is 12.4. The van der Waals surface area contributed by atoms with E-state index in [4.69, 9.17) is 9.47 Å². The summed E-state index contributed by atoms with van der Waals surface area (Å²) in [6, 6.07) is 5.23. The Bertz CT molecular complexity index is 703. The Balaban J connectivity index is 2.13. The van der Waals surface area contributed by atoms with Crippen LogP contribution in [0.1, 0.15) is 130 Å². The molecule has 0 aliphatic carbocycles. The quantitative estimate of drug-likeness (QED) is 0.136. The second-order valence-corrected chi connectivity index (χ2v) is 12.3. The minimum Gasteiger partial charge on any atom is -0.612 e. The number of carbonyl (C=O) groups is 1. The van der Waals surface area contributed by atoms with Crippen molar-refractivity contribution in [3.05, 3.63) is 18.2 Å². The zero-order valence-corrected chi connectivity index (χ0v) is 24.6. The minimum absolute atomic E-state index is 0.527. The topological polar surface area (TPSA) is 70.6 Å². The Hall–Kier alpha value is -1.40. The smallest absolute Gasteiger partial charge is 0.412 e. The van der Waals surface area contributed by atoms with E-state index in [0.29, 0.717) is 22.9 Å². The van der Waals surface area contributed by atoms with Crippen LogP contribution in [-0.2, 0) is 15.9 Å². The lowest BCUT2D eigenvalue weighted by atomic mass is 10.0. The van der Waals surface area contributed by atoms with Gasteiger partial charge in [-0.15, -0.1) is 0 Å². The number of hydrogen-bond donors (Lipinski definition) is 1. The fraction of sp³-hybridized carbons (Fsp3) is 0.767. The molecule has 0 bridgehead atoms. The van der Waals surface area contributed by atoms with Crippen LogP contribution in [0.2, 0.25) is 0 Å². The molecule has 0 aliphatic rings. The van der Waals surface area contributed by atoms with Crippen LogP contribution in [0.4, 0.5) is 10.5 Å². The number of carbonyl (C=O) groups excluding carboxylic acids is 1. The maximum atomic E-state index is 12.1. The molecular weight excluding hydrogens is 470 g/mol. The van der Waals surface area contributed by atoms with Crippen molar-refractivity contribution in [1.82, 2.24) is 0 Å². The molecule has 0 fully saturated rings. The fourth-order valence-corrected chi connectivity index (χ4v) is 4.73. The van der Waals surface area contributed by atoms with Crippen LogP contribution in [-0.4, -0.2) is 29.1 Å². The number of nitrogens with one attached hydrogen (secondary N) is 1. The summed E-state index contributed by atoms with van der Waals surface area (Å²) in [6.45, 7) is 8.34. The second kappa shape index (κ2) is 19.7. The highest BCUT2D eigenvalue weighted by atomic mass is 32.2. The molecule has 1 rings (SSSR count). The van der Waals surface area contributed by atoms with E-state index in [-0.39, 0.29) is 0 Å². The lowest BCUT2D eigenvalue weighted by Gasteiger charge is -2.20. The van der Waals surface area contributed by atoms with E-state index < -0.39 is 22.9 Å². The van der Waals surface area contributed by atoms with Crippen molar-refractivity contribution in [2.45, 2.75) is 141 Å². The monoisotopic (exact) mass is 523 g/mol. The third-order valence-corrected chi connectivity index (χ3v) is 7.02. The lowest BCUT2D eigenvalue weighted by molar-refractivity contribution is 0.0636. The number of anilines is 1. The molecule has 1 unspecified atom stereocenters. The molecule has 1 aromatic rings. The average molecular weight is 524 g/mol. The molecule has 0 radical (unpaired) electrons. The number of unbranched alkanes of at least 4 members (excludes halogenated alkanes) is 15. The maximum absolute atomic E-state index is 12.1. The Morgan fingerprint density at radius 1 is 0.806 bits per heavy atom. The molecule has 6 heteroatoms. The summed E-state index contributed by atoms with van der Waals surface area (Å²) in [6.07, 6.45) is 22.5. The van der Waals surface area contributed by atoms with Crippen molar-refractivity contribution in [1.29, 1.82) is 0 Å². The highest BCUT2D eigenvalue weighted by Gasteiger charge is 2.18. The van der Waals surface area contributed by atoms with Gasteiger partial charge in [-0.05, 0) is 38.4 Å². The molecule has 0 saturated carbocycles. The summed E-state index contributed by atoms with van der Waals surface area (Å²) >= 11 is -1.17. The summed E-state index contributed by atoms with van der Waals surface area (Å²) in [5, 5.41) is 2.72. The molecule has 1 amide bonds. The molecule has 5 nitrogen and oxygen atoms in total. The summed E-state index contributed by atoms with van der Waals surface area (Å²) in [5.74, 6) is 0.620. The van der Waals surface area contributed by atoms with Crippen LogP contribution in [0.15, 0.2) is 23.1 Å². The molecule has 1 aromatic carbocycles. The first-order valence-corrected chi connectivity index (χ1v) is 15.9. The van der Waals surface area contributed by atoms with Crippen LogP contribution in [0.25, 0.3) is 0 Å². The number of amides is 1. The molecule has 0 aromatic heterocycles. The van der Waals surface area contributed by atoms with Crippen molar-refractivity contribution in [3.8, 4) is 5.75 Å². The van der Waals surface area contributed by atoms with Gasteiger partial charge in [0, 0.05) is 18.2 Å². The minimum atomic E-state index is -1.17. The molecular formula is C30H53NO4S. The lowest BCUT2D eigenvalue weighted by Crippen LogP contribution is -2.27. The van der Waals surface area contributed by atoms with E-state index in [9.17, 15) is 9.35 Å². The summed E-state index contributed by atoms with van der Waals surface area (Å²) < 4.78 is 23.2. The van der Waals surface area contributed by atoms with Gasteiger partial charge in [0.05, 0.1) is 12.3 Å². The average Bonchev–Trinajstić information content (AvgIpc) is 2.79. The van der Waals surface area contributed by atoms with Gasteiger partial charge in [-0.1, -0.05) is 103 Å². The Labute approximate surface area is 224 Å². The maximum Gasteiger partial charge on any atom is 0.412 e. The molecule has 36 heavy (non-hydrogen) atoms. The van der Waals surface area contributed by atoms with Crippen molar-refractivity contribution in [2.75, 3.05) is 18.2 Å². The standard InChI is InChI=1S/C30H53NO4S/c1-6-7-8-9-10-11-12-13-14-15-16-17-18-19-20-21-22-34-27-23-26(24-28(25-27)36(5)33)31-29(32)35-30(2,3)4/h23-25H,6-22H2,1-5H3,(H,31,32). The van der Waals surface area contributed by atoms with Gasteiger partial charge in [0.15, 0.2) is 4.90 Å². The van der Waals surface area contributed by atoms with Crippen molar-refractivity contribution in [2.24, 2.45) is 0 Å². The van der Waals surface area contributed by atoms with Gasteiger partial charge in [0.25, 0.3) is 0 Å². The van der Waals surface area contributed by atoms with Crippen molar-refractivity contribution >= 4 is 23.0 Å². The van der Waals surface area contributed by atoms with Gasteiger partial charge in [-0.2, -0.15) is 0 Å². The van der Waals surface area contributed by atoms with Gasteiger partial charge < -0.3 is 14.0 Å². The molecule has 1 N–H and O–H groups in total. The molecule has 0 heterocycles. The summed E-state index contributed by atoms with van der Waals surface area (Å²) in [7, 11) is 0. The molecule has 1 atom stereocenters. The van der Waals surface area contributed by atoms with Crippen LogP contribution < -0.4 is 10.1 Å². The number of hydrogen-bond acceptors (Lipinski definition) is 4. The predicted molar refractivity (Wildman–Crippen MR) is 154 cm³/mol. The fourth-order valence-electron chi connectivity index (χ4n) is 4.15. The zero-order chi connectivity index (χ0) is 26.7. The van der Waals surface area contributed by atoms with Crippen LogP contribution in [0.3, 0.4) is 0 Å². The summed E-state index contributed by atoms with van der Waals surface area (Å²) in [5.41, 5.74) is -0.0547. The first kappa shape index (κ1) is 32.6. The molecule has 0 aliphatic heterocycles. The third kappa shape index (κ3) is 17.9. The Kier molecular flexibility index (Phi) is 17.8. The van der Waals surface area contributed by atoms with Gasteiger partial charge in [0.1, 0.15) is 17.6 Å². The summed E-state index contributed by atoms with van der Waals surface area (Å²) in [4.78, 5) is 12.7. The van der Waals surface area contributed by atoms with E-state index >= 15 is 0 Å². The van der Waals surface area contributed by atoms with Crippen molar-refractivity contribution < 1.29 is 18.8 Å². The van der Waals surface area contributed by atoms with Gasteiger partial charge in [-0.3, -0.25) is 5.32 Å².